The second kappa shape index (κ2) is 6.41. The minimum atomic E-state index is -0.0479. The molecule has 3 N–H and O–H groups in total. The summed E-state index contributed by atoms with van der Waals surface area (Å²) in [5.74, 6) is 0.280. The van der Waals surface area contributed by atoms with E-state index in [0.29, 0.717) is 0 Å². The van der Waals surface area contributed by atoms with Crippen molar-refractivity contribution in [1.29, 1.82) is 0 Å². The van der Waals surface area contributed by atoms with E-state index < -0.39 is 0 Å². The smallest absolute Gasteiger partial charge is 0.115 e. The molecule has 22 heavy (non-hydrogen) atoms. The third-order valence-electron chi connectivity index (χ3n) is 3.72. The van der Waals surface area contributed by atoms with E-state index in [0.717, 1.165) is 23.1 Å². The van der Waals surface area contributed by atoms with Gasteiger partial charge in [0, 0.05) is 18.4 Å². The summed E-state index contributed by atoms with van der Waals surface area (Å²) >= 11 is 0. The Morgan fingerprint density at radius 2 is 1.55 bits per heavy atom. The molecule has 0 saturated heterocycles. The summed E-state index contributed by atoms with van der Waals surface area (Å²) in [6.07, 6.45) is 4.35. The molecule has 0 saturated carbocycles. The Morgan fingerprint density at radius 3 is 2.14 bits per heavy atom. The number of pyridine rings is 1. The fraction of sp³-hybridized carbons (Fsp3) is 0.105. The molecule has 0 aliphatic rings. The summed E-state index contributed by atoms with van der Waals surface area (Å²) < 4.78 is 0. The maximum absolute atomic E-state index is 9.34. The summed E-state index contributed by atoms with van der Waals surface area (Å²) in [5.41, 5.74) is 10.7. The number of phenolic OH excluding ortho intramolecular Hbond substituents is 1. The van der Waals surface area contributed by atoms with Crippen LogP contribution >= 0.6 is 0 Å². The zero-order chi connectivity index (χ0) is 15.4. The third-order valence-corrected chi connectivity index (χ3v) is 3.72. The lowest BCUT2D eigenvalue weighted by molar-refractivity contribution is 0.475. The van der Waals surface area contributed by atoms with Gasteiger partial charge in [0.25, 0.3) is 0 Å². The van der Waals surface area contributed by atoms with Crippen molar-refractivity contribution in [3.8, 4) is 16.9 Å². The minimum Gasteiger partial charge on any atom is -0.508 e. The van der Waals surface area contributed by atoms with Gasteiger partial charge in [-0.3, -0.25) is 4.98 Å². The molecule has 3 nitrogen and oxygen atoms in total. The maximum atomic E-state index is 9.34. The van der Waals surface area contributed by atoms with Crippen molar-refractivity contribution in [2.24, 2.45) is 5.73 Å². The van der Waals surface area contributed by atoms with Crippen LogP contribution < -0.4 is 5.73 Å². The van der Waals surface area contributed by atoms with Crippen molar-refractivity contribution in [3.63, 3.8) is 0 Å². The molecule has 1 unspecified atom stereocenters. The topological polar surface area (TPSA) is 59.1 Å². The highest BCUT2D eigenvalue weighted by Crippen LogP contribution is 2.23. The van der Waals surface area contributed by atoms with Crippen LogP contribution in [-0.2, 0) is 6.42 Å². The summed E-state index contributed by atoms with van der Waals surface area (Å²) in [4.78, 5) is 4.11. The predicted molar refractivity (Wildman–Crippen MR) is 88.4 cm³/mol. The Kier molecular flexibility index (Phi) is 4.17. The summed E-state index contributed by atoms with van der Waals surface area (Å²) in [7, 11) is 0. The van der Waals surface area contributed by atoms with Crippen LogP contribution in [0, 0.1) is 0 Å². The van der Waals surface area contributed by atoms with Crippen molar-refractivity contribution in [3.05, 3.63) is 84.2 Å². The number of aromatic hydroxyl groups is 1. The van der Waals surface area contributed by atoms with Crippen LogP contribution in [0.5, 0.6) is 5.75 Å². The predicted octanol–water partition coefficient (Wildman–Crippen LogP) is 3.70. The van der Waals surface area contributed by atoms with E-state index in [-0.39, 0.29) is 11.8 Å². The van der Waals surface area contributed by atoms with Crippen molar-refractivity contribution >= 4 is 0 Å². The SMILES string of the molecule is NC(Cc1ccc(-c2ccc(O)cc2)cc1)c1cccnc1. The zero-order valence-electron chi connectivity index (χ0n) is 12.2. The fourth-order valence-electron chi connectivity index (χ4n) is 2.45. The molecule has 2 aromatic carbocycles. The Labute approximate surface area is 130 Å². The lowest BCUT2D eigenvalue weighted by Gasteiger charge is -2.12. The van der Waals surface area contributed by atoms with Gasteiger partial charge < -0.3 is 10.8 Å². The number of nitrogens with two attached hydrogens (primary N) is 1. The molecule has 110 valence electrons. The van der Waals surface area contributed by atoms with Gasteiger partial charge in [0.05, 0.1) is 0 Å². The van der Waals surface area contributed by atoms with Crippen LogP contribution in [0.1, 0.15) is 17.2 Å². The molecule has 0 bridgehead atoms. The molecule has 0 radical (unpaired) electrons. The first-order valence-electron chi connectivity index (χ1n) is 7.26. The minimum absolute atomic E-state index is 0.0479. The van der Waals surface area contributed by atoms with E-state index in [1.54, 1.807) is 18.3 Å². The standard InChI is InChI=1S/C19H18N2O/c20-19(17-2-1-11-21-13-17)12-14-3-5-15(6-4-14)16-7-9-18(22)10-8-16/h1-11,13,19,22H,12,20H2. The Bertz CT molecular complexity index is 722. The van der Waals surface area contributed by atoms with Crippen LogP contribution in [0.4, 0.5) is 0 Å². The van der Waals surface area contributed by atoms with E-state index in [1.165, 1.54) is 5.56 Å². The van der Waals surface area contributed by atoms with Gasteiger partial charge >= 0.3 is 0 Å². The van der Waals surface area contributed by atoms with Gasteiger partial charge in [0.15, 0.2) is 0 Å². The van der Waals surface area contributed by atoms with E-state index in [9.17, 15) is 5.11 Å². The number of hydrogen-bond donors (Lipinski definition) is 2. The Morgan fingerprint density at radius 1 is 0.909 bits per heavy atom. The lowest BCUT2D eigenvalue weighted by Crippen LogP contribution is -2.13. The highest BCUT2D eigenvalue weighted by atomic mass is 16.3. The molecule has 1 aromatic heterocycles. The quantitative estimate of drug-likeness (QED) is 0.770. The number of phenols is 1. The number of nitrogens with zero attached hydrogens (tertiary/aromatic N) is 1. The Balaban J connectivity index is 1.73. The molecule has 0 aliphatic carbocycles. The number of aromatic nitrogens is 1. The normalized spacial score (nSPS) is 12.0. The average Bonchev–Trinajstić information content (AvgIpc) is 2.57. The molecular formula is C19H18N2O. The second-order valence-corrected chi connectivity index (χ2v) is 5.34. The van der Waals surface area contributed by atoms with Gasteiger partial charge in [-0.2, -0.15) is 0 Å². The van der Waals surface area contributed by atoms with E-state index >= 15 is 0 Å². The van der Waals surface area contributed by atoms with Crippen molar-refractivity contribution in [2.45, 2.75) is 12.5 Å². The second-order valence-electron chi connectivity index (χ2n) is 5.34. The van der Waals surface area contributed by atoms with Gasteiger partial charge in [0.1, 0.15) is 5.75 Å². The summed E-state index contributed by atoms with van der Waals surface area (Å²) in [6.45, 7) is 0. The van der Waals surface area contributed by atoms with E-state index in [2.05, 4.69) is 29.2 Å². The van der Waals surface area contributed by atoms with Gasteiger partial charge in [0.2, 0.25) is 0 Å². The van der Waals surface area contributed by atoms with Crippen LogP contribution in [-0.4, -0.2) is 10.1 Å². The highest BCUT2D eigenvalue weighted by Gasteiger charge is 2.07. The van der Waals surface area contributed by atoms with Gasteiger partial charge in [-0.15, -0.1) is 0 Å². The number of rotatable bonds is 4. The molecule has 0 spiro atoms. The van der Waals surface area contributed by atoms with Crippen molar-refractivity contribution in [1.82, 2.24) is 4.98 Å². The first kappa shape index (κ1) is 14.3. The molecule has 0 amide bonds. The maximum Gasteiger partial charge on any atom is 0.115 e. The van der Waals surface area contributed by atoms with Crippen molar-refractivity contribution < 1.29 is 5.11 Å². The molecular weight excluding hydrogens is 272 g/mol. The van der Waals surface area contributed by atoms with Crippen molar-refractivity contribution in [2.75, 3.05) is 0 Å². The Hall–Kier alpha value is -2.65. The van der Waals surface area contributed by atoms with E-state index in [1.807, 2.05) is 30.5 Å². The monoisotopic (exact) mass is 290 g/mol. The first-order chi connectivity index (χ1) is 10.7. The molecule has 0 fully saturated rings. The average molecular weight is 290 g/mol. The van der Waals surface area contributed by atoms with Crippen LogP contribution in [0.25, 0.3) is 11.1 Å². The van der Waals surface area contributed by atoms with Crippen LogP contribution in [0.3, 0.4) is 0 Å². The van der Waals surface area contributed by atoms with Crippen LogP contribution in [0.15, 0.2) is 73.1 Å². The number of hydrogen-bond acceptors (Lipinski definition) is 3. The fourth-order valence-corrected chi connectivity index (χ4v) is 2.45. The largest absolute Gasteiger partial charge is 0.508 e. The zero-order valence-corrected chi connectivity index (χ0v) is 12.2. The van der Waals surface area contributed by atoms with Gasteiger partial charge in [-0.1, -0.05) is 42.5 Å². The molecule has 1 heterocycles. The first-order valence-corrected chi connectivity index (χ1v) is 7.26. The summed E-state index contributed by atoms with van der Waals surface area (Å²) in [6, 6.07) is 19.4. The molecule has 0 aliphatic heterocycles. The summed E-state index contributed by atoms with van der Waals surface area (Å²) in [5, 5.41) is 9.34. The molecule has 3 rings (SSSR count). The van der Waals surface area contributed by atoms with Crippen LogP contribution in [0.2, 0.25) is 0 Å². The third kappa shape index (κ3) is 3.32. The lowest BCUT2D eigenvalue weighted by atomic mass is 9.98. The van der Waals surface area contributed by atoms with Gasteiger partial charge in [-0.05, 0) is 46.9 Å². The van der Waals surface area contributed by atoms with E-state index in [4.69, 9.17) is 5.73 Å². The molecule has 1 atom stereocenters. The molecule has 3 aromatic rings. The van der Waals surface area contributed by atoms with Gasteiger partial charge in [-0.25, -0.2) is 0 Å². The highest BCUT2D eigenvalue weighted by molar-refractivity contribution is 5.64. The number of benzene rings is 2. The molecule has 3 heteroatoms.